The first-order valence-electron chi connectivity index (χ1n) is 7.95. The number of hydrogen-bond acceptors (Lipinski definition) is 3. The van der Waals surface area contributed by atoms with E-state index in [9.17, 15) is 23.1 Å². The number of hydrogen-bond donors (Lipinski definition) is 2. The molecule has 1 heterocycles. The summed E-state index contributed by atoms with van der Waals surface area (Å²) in [6.07, 6.45) is 3.10. The molecule has 0 aliphatic heterocycles. The number of nitrogens with zero attached hydrogens (tertiary/aromatic N) is 2. The minimum absolute atomic E-state index is 0.201. The van der Waals surface area contributed by atoms with Gasteiger partial charge in [0.05, 0.1) is 0 Å². The number of rotatable bonds is 6. The number of imidazole rings is 1. The van der Waals surface area contributed by atoms with E-state index in [1.807, 2.05) is 6.08 Å². The molecule has 1 unspecified atom stereocenters. The van der Waals surface area contributed by atoms with Gasteiger partial charge in [-0.3, -0.25) is 4.79 Å². The van der Waals surface area contributed by atoms with Crippen molar-refractivity contribution in [3.05, 3.63) is 29.9 Å². The molecule has 0 bridgehead atoms. The molecular formula is C16H22F3N3O2. The number of nitrogens with one attached hydrogen (secondary N) is 1. The number of carbonyl (C=O) groups excluding carboxylic acids is 1. The predicted octanol–water partition coefficient (Wildman–Crippen LogP) is 2.57. The van der Waals surface area contributed by atoms with Gasteiger partial charge in [0.25, 0.3) is 0 Å². The zero-order chi connectivity index (χ0) is 17.8. The molecule has 1 atom stereocenters. The third-order valence-corrected chi connectivity index (χ3v) is 4.24. The lowest BCUT2D eigenvalue weighted by atomic mass is 9.96. The Morgan fingerprint density at radius 1 is 1.42 bits per heavy atom. The molecule has 1 aromatic heterocycles. The van der Waals surface area contributed by atoms with Crippen molar-refractivity contribution in [1.29, 1.82) is 0 Å². The molecule has 0 saturated carbocycles. The zero-order valence-corrected chi connectivity index (χ0v) is 13.6. The summed E-state index contributed by atoms with van der Waals surface area (Å²) < 4.78 is 41.1. The number of amides is 1. The summed E-state index contributed by atoms with van der Waals surface area (Å²) in [6, 6.07) is 0. The van der Waals surface area contributed by atoms with Crippen LogP contribution in [0.25, 0.3) is 0 Å². The fourth-order valence-electron chi connectivity index (χ4n) is 2.86. The van der Waals surface area contributed by atoms with E-state index >= 15 is 0 Å². The number of aromatic nitrogens is 2. The zero-order valence-electron chi connectivity index (χ0n) is 13.6. The molecule has 0 fully saturated rings. The maximum absolute atomic E-state index is 13.3. The van der Waals surface area contributed by atoms with E-state index in [2.05, 4.69) is 10.3 Å². The van der Waals surface area contributed by atoms with E-state index in [1.165, 1.54) is 19.4 Å². The van der Waals surface area contributed by atoms with Crippen molar-refractivity contribution in [2.24, 2.45) is 7.05 Å². The Kier molecular flexibility index (Phi) is 5.69. The maximum atomic E-state index is 13.3. The molecule has 1 aliphatic carbocycles. The van der Waals surface area contributed by atoms with E-state index < -0.39 is 24.0 Å². The van der Waals surface area contributed by atoms with Gasteiger partial charge in [-0.05, 0) is 25.7 Å². The molecule has 24 heavy (non-hydrogen) atoms. The average molecular weight is 345 g/mol. The molecule has 0 saturated heterocycles. The molecule has 134 valence electrons. The highest BCUT2D eigenvalue weighted by molar-refractivity contribution is 5.78. The molecule has 2 N–H and O–H groups in total. The second kappa shape index (κ2) is 7.38. The van der Waals surface area contributed by atoms with Gasteiger partial charge < -0.3 is 15.0 Å². The molecule has 0 spiro atoms. The number of aliphatic hydroxyl groups is 1. The lowest BCUT2D eigenvalue weighted by Gasteiger charge is -2.30. The van der Waals surface area contributed by atoms with Gasteiger partial charge in [-0.2, -0.15) is 13.2 Å². The van der Waals surface area contributed by atoms with Crippen LogP contribution in [0.5, 0.6) is 0 Å². The van der Waals surface area contributed by atoms with E-state index in [4.69, 9.17) is 0 Å². The maximum Gasteiger partial charge on any atom is 0.424 e. The smallest absolute Gasteiger partial charge is 0.374 e. The first-order valence-corrected chi connectivity index (χ1v) is 7.95. The van der Waals surface area contributed by atoms with Crippen LogP contribution in [0.15, 0.2) is 24.0 Å². The minimum Gasteiger partial charge on any atom is -0.374 e. The molecule has 2 rings (SSSR count). The largest absolute Gasteiger partial charge is 0.424 e. The Labute approximate surface area is 138 Å². The summed E-state index contributed by atoms with van der Waals surface area (Å²) in [7, 11) is 1.38. The van der Waals surface area contributed by atoms with Gasteiger partial charge in [-0.15, -0.1) is 0 Å². The van der Waals surface area contributed by atoms with Crippen molar-refractivity contribution in [3.8, 4) is 0 Å². The molecule has 8 heteroatoms. The van der Waals surface area contributed by atoms with Crippen LogP contribution in [0.2, 0.25) is 0 Å². The van der Waals surface area contributed by atoms with Gasteiger partial charge in [0.2, 0.25) is 11.5 Å². The van der Waals surface area contributed by atoms with Crippen LogP contribution in [0.1, 0.15) is 44.3 Å². The quantitative estimate of drug-likeness (QED) is 0.779. The SMILES string of the molecule is Cn1ccnc1C(O)(CCNC(=O)CC1=CCCCC1)C(F)(F)F. The topological polar surface area (TPSA) is 67.2 Å². The summed E-state index contributed by atoms with van der Waals surface area (Å²) in [5.74, 6) is -0.813. The van der Waals surface area contributed by atoms with Gasteiger partial charge in [0.1, 0.15) is 5.82 Å². The number of alkyl halides is 3. The van der Waals surface area contributed by atoms with Crippen molar-refractivity contribution >= 4 is 5.91 Å². The van der Waals surface area contributed by atoms with Gasteiger partial charge >= 0.3 is 6.18 Å². The standard InChI is InChI=1S/C16H22F3N3O2/c1-22-10-9-21-14(22)15(24,16(17,18)19)7-8-20-13(23)11-12-5-3-2-4-6-12/h5,9-10,24H,2-4,6-8,11H2,1H3,(H,20,23). The second-order valence-corrected chi connectivity index (χ2v) is 6.10. The van der Waals surface area contributed by atoms with Crippen molar-refractivity contribution in [2.75, 3.05) is 6.54 Å². The van der Waals surface area contributed by atoms with E-state index in [-0.39, 0.29) is 18.9 Å². The minimum atomic E-state index is -4.89. The fraction of sp³-hybridized carbons (Fsp3) is 0.625. The second-order valence-electron chi connectivity index (χ2n) is 6.10. The van der Waals surface area contributed by atoms with Crippen LogP contribution in [-0.4, -0.2) is 33.3 Å². The van der Waals surface area contributed by atoms with Crippen LogP contribution < -0.4 is 5.32 Å². The molecule has 1 aliphatic rings. The van der Waals surface area contributed by atoms with Crippen LogP contribution in [0, 0.1) is 0 Å². The Morgan fingerprint density at radius 2 is 2.17 bits per heavy atom. The fourth-order valence-corrected chi connectivity index (χ4v) is 2.86. The summed E-state index contributed by atoms with van der Waals surface area (Å²) in [6.45, 7) is -0.283. The monoisotopic (exact) mass is 345 g/mol. The normalized spacial score (nSPS) is 18.0. The number of carbonyl (C=O) groups is 1. The van der Waals surface area contributed by atoms with E-state index in [0.717, 1.165) is 35.8 Å². The highest BCUT2D eigenvalue weighted by atomic mass is 19.4. The van der Waals surface area contributed by atoms with Crippen LogP contribution >= 0.6 is 0 Å². The van der Waals surface area contributed by atoms with Gasteiger partial charge in [-0.25, -0.2) is 4.98 Å². The Hall–Kier alpha value is -1.83. The summed E-state index contributed by atoms with van der Waals surface area (Å²) in [4.78, 5) is 15.5. The van der Waals surface area contributed by atoms with E-state index in [0.29, 0.717) is 0 Å². The molecule has 1 amide bonds. The molecule has 1 aromatic rings. The van der Waals surface area contributed by atoms with Crippen molar-refractivity contribution < 1.29 is 23.1 Å². The summed E-state index contributed by atoms with van der Waals surface area (Å²) in [5, 5.41) is 12.6. The van der Waals surface area contributed by atoms with Crippen molar-refractivity contribution in [1.82, 2.24) is 14.9 Å². The highest BCUT2D eigenvalue weighted by Gasteiger charge is 2.57. The molecule has 0 radical (unpaired) electrons. The molecular weight excluding hydrogens is 323 g/mol. The average Bonchev–Trinajstić information content (AvgIpc) is 2.93. The Balaban J connectivity index is 1.95. The lowest BCUT2D eigenvalue weighted by Crippen LogP contribution is -2.46. The highest BCUT2D eigenvalue weighted by Crippen LogP contribution is 2.40. The lowest BCUT2D eigenvalue weighted by molar-refractivity contribution is -0.272. The van der Waals surface area contributed by atoms with Crippen LogP contribution in [0.3, 0.4) is 0 Å². The van der Waals surface area contributed by atoms with Gasteiger partial charge in [0, 0.05) is 38.8 Å². The first kappa shape index (κ1) is 18.5. The van der Waals surface area contributed by atoms with Crippen LogP contribution in [0.4, 0.5) is 13.2 Å². The first-order chi connectivity index (χ1) is 11.2. The number of aryl methyl sites for hydroxylation is 1. The number of halogens is 3. The van der Waals surface area contributed by atoms with Gasteiger partial charge in [-0.1, -0.05) is 11.6 Å². The number of allylic oxidation sites excluding steroid dienone is 1. The van der Waals surface area contributed by atoms with Crippen molar-refractivity contribution in [3.63, 3.8) is 0 Å². The molecule has 0 aromatic carbocycles. The summed E-state index contributed by atoms with van der Waals surface area (Å²) >= 11 is 0. The Bertz CT molecular complexity index is 610. The molecule has 5 nitrogen and oxygen atoms in total. The predicted molar refractivity (Wildman–Crippen MR) is 82.0 cm³/mol. The third kappa shape index (κ3) is 4.17. The Morgan fingerprint density at radius 3 is 2.71 bits per heavy atom. The third-order valence-electron chi connectivity index (χ3n) is 4.24. The summed E-state index contributed by atoms with van der Waals surface area (Å²) in [5.41, 5.74) is -2.07. The van der Waals surface area contributed by atoms with Gasteiger partial charge in [0.15, 0.2) is 0 Å². The van der Waals surface area contributed by atoms with E-state index in [1.54, 1.807) is 0 Å². The van der Waals surface area contributed by atoms with Crippen molar-refractivity contribution in [2.45, 2.75) is 50.3 Å². The van der Waals surface area contributed by atoms with Crippen LogP contribution in [-0.2, 0) is 17.4 Å².